The number of hydrogen-bond donors (Lipinski definition) is 1. The van der Waals surface area contributed by atoms with Gasteiger partial charge in [0.1, 0.15) is 0 Å². The second kappa shape index (κ2) is 5.14. The third kappa shape index (κ3) is 2.70. The predicted octanol–water partition coefficient (Wildman–Crippen LogP) is 1.34. The monoisotopic (exact) mass is 223 g/mol. The molecule has 0 aliphatic rings. The van der Waals surface area contributed by atoms with Crippen molar-refractivity contribution >= 4 is 17.5 Å². The molecule has 0 aromatic carbocycles. The minimum absolute atomic E-state index is 0.264. The van der Waals surface area contributed by atoms with E-state index in [1.165, 1.54) is 0 Å². The average Bonchev–Trinajstić information content (AvgIpc) is 2.67. The summed E-state index contributed by atoms with van der Waals surface area (Å²) in [5, 5.41) is 8.63. The summed E-state index contributed by atoms with van der Waals surface area (Å²) in [5.74, 6) is 2.59. The van der Waals surface area contributed by atoms with E-state index < -0.39 is 0 Å². The van der Waals surface area contributed by atoms with E-state index in [9.17, 15) is 0 Å². The fourth-order valence-corrected chi connectivity index (χ4v) is 2.12. The van der Waals surface area contributed by atoms with Crippen LogP contribution in [0.4, 0.5) is 0 Å². The molecule has 2 aromatic rings. The molecule has 0 saturated heterocycles. The molecule has 0 radical (unpaired) electrons. The topological polar surface area (TPSA) is 50.4 Å². The Labute approximate surface area is 92.4 Å². The number of imidazole rings is 1. The van der Waals surface area contributed by atoms with Crippen molar-refractivity contribution in [1.82, 2.24) is 14.4 Å². The van der Waals surface area contributed by atoms with Crippen LogP contribution in [0.3, 0.4) is 0 Å². The molecule has 2 heterocycles. The summed E-state index contributed by atoms with van der Waals surface area (Å²) in [6.45, 7) is 0.264. The highest BCUT2D eigenvalue weighted by atomic mass is 32.2. The Bertz CT molecular complexity index is 396. The van der Waals surface area contributed by atoms with Gasteiger partial charge >= 0.3 is 0 Å². The molecule has 0 fully saturated rings. The summed E-state index contributed by atoms with van der Waals surface area (Å²) >= 11 is 1.78. The van der Waals surface area contributed by atoms with Gasteiger partial charge in [-0.3, -0.25) is 4.40 Å². The van der Waals surface area contributed by atoms with Gasteiger partial charge in [-0.25, -0.2) is 9.97 Å². The second-order valence-electron chi connectivity index (χ2n) is 3.19. The minimum Gasteiger partial charge on any atom is -0.396 e. The number of nitrogens with zero attached hydrogens (tertiary/aromatic N) is 3. The van der Waals surface area contributed by atoms with E-state index in [0.29, 0.717) is 0 Å². The molecule has 2 aromatic heterocycles. The molecule has 1 N–H and O–H groups in total. The Kier molecular flexibility index (Phi) is 3.58. The number of rotatable bonds is 5. The number of fused-ring (bicyclic) bond motifs is 1. The van der Waals surface area contributed by atoms with Crippen molar-refractivity contribution in [2.24, 2.45) is 0 Å². The highest BCUT2D eigenvalue weighted by Gasteiger charge is 2.01. The van der Waals surface area contributed by atoms with E-state index in [2.05, 4.69) is 9.97 Å². The van der Waals surface area contributed by atoms with Crippen LogP contribution in [0.25, 0.3) is 5.78 Å². The van der Waals surface area contributed by atoms with Crippen molar-refractivity contribution in [3.8, 4) is 0 Å². The van der Waals surface area contributed by atoms with E-state index >= 15 is 0 Å². The SMILES string of the molecule is OCCCSCc1cn2cccnc2n1. The van der Waals surface area contributed by atoms with Crippen molar-refractivity contribution in [2.45, 2.75) is 12.2 Å². The predicted molar refractivity (Wildman–Crippen MR) is 60.9 cm³/mol. The molecule has 0 saturated carbocycles. The van der Waals surface area contributed by atoms with Crippen molar-refractivity contribution in [3.05, 3.63) is 30.4 Å². The van der Waals surface area contributed by atoms with Gasteiger partial charge in [0.05, 0.1) is 5.69 Å². The van der Waals surface area contributed by atoms with Crippen LogP contribution in [0.2, 0.25) is 0 Å². The molecular weight excluding hydrogens is 210 g/mol. The summed E-state index contributed by atoms with van der Waals surface area (Å²) in [5.41, 5.74) is 1.04. The number of aromatic nitrogens is 3. The lowest BCUT2D eigenvalue weighted by Gasteiger charge is -1.95. The quantitative estimate of drug-likeness (QED) is 0.777. The smallest absolute Gasteiger partial charge is 0.233 e. The van der Waals surface area contributed by atoms with Gasteiger partial charge in [0.15, 0.2) is 0 Å². The molecule has 0 aliphatic carbocycles. The first-order chi connectivity index (χ1) is 7.40. The third-order valence-electron chi connectivity index (χ3n) is 1.98. The zero-order valence-electron chi connectivity index (χ0n) is 8.33. The van der Waals surface area contributed by atoms with Crippen molar-refractivity contribution in [2.75, 3.05) is 12.4 Å². The molecule has 2 rings (SSSR count). The first-order valence-corrected chi connectivity index (χ1v) is 6.03. The first-order valence-electron chi connectivity index (χ1n) is 4.87. The lowest BCUT2D eigenvalue weighted by atomic mass is 10.5. The molecule has 0 amide bonds. The van der Waals surface area contributed by atoms with Gasteiger partial charge in [0.2, 0.25) is 5.78 Å². The van der Waals surface area contributed by atoms with Crippen molar-refractivity contribution in [3.63, 3.8) is 0 Å². The maximum absolute atomic E-state index is 8.63. The van der Waals surface area contributed by atoms with Crippen LogP contribution < -0.4 is 0 Å². The minimum atomic E-state index is 0.264. The summed E-state index contributed by atoms with van der Waals surface area (Å²) in [4.78, 5) is 8.53. The molecule has 0 aliphatic heterocycles. The van der Waals surface area contributed by atoms with Gasteiger partial charge in [-0.15, -0.1) is 0 Å². The Hall–Kier alpha value is -1.07. The molecule has 4 nitrogen and oxygen atoms in total. The van der Waals surface area contributed by atoms with Crippen molar-refractivity contribution in [1.29, 1.82) is 0 Å². The molecule has 0 bridgehead atoms. The number of thioether (sulfide) groups is 1. The van der Waals surface area contributed by atoms with Crippen LogP contribution in [0, 0.1) is 0 Å². The van der Waals surface area contributed by atoms with Crippen LogP contribution in [-0.4, -0.2) is 31.8 Å². The molecular formula is C10H13N3OS. The number of aliphatic hydroxyl groups is 1. The Morgan fingerprint density at radius 2 is 2.40 bits per heavy atom. The van der Waals surface area contributed by atoms with Gasteiger partial charge in [-0.1, -0.05) is 0 Å². The Balaban J connectivity index is 1.97. The normalized spacial score (nSPS) is 11.0. The highest BCUT2D eigenvalue weighted by molar-refractivity contribution is 7.98. The molecule has 80 valence electrons. The average molecular weight is 223 g/mol. The fraction of sp³-hybridized carbons (Fsp3) is 0.400. The van der Waals surface area contributed by atoms with E-state index in [-0.39, 0.29) is 6.61 Å². The maximum Gasteiger partial charge on any atom is 0.233 e. The van der Waals surface area contributed by atoms with Gasteiger partial charge < -0.3 is 5.11 Å². The highest BCUT2D eigenvalue weighted by Crippen LogP contribution is 2.12. The van der Waals surface area contributed by atoms with Crippen molar-refractivity contribution < 1.29 is 5.11 Å². The van der Waals surface area contributed by atoms with Crippen LogP contribution in [-0.2, 0) is 5.75 Å². The van der Waals surface area contributed by atoms with Crippen LogP contribution >= 0.6 is 11.8 Å². The van der Waals surface area contributed by atoms with Gasteiger partial charge in [-0.05, 0) is 18.2 Å². The molecule has 0 unspecified atom stereocenters. The van der Waals surface area contributed by atoms with E-state index in [1.54, 1.807) is 18.0 Å². The second-order valence-corrected chi connectivity index (χ2v) is 4.29. The number of hydrogen-bond acceptors (Lipinski definition) is 4. The summed E-state index contributed by atoms with van der Waals surface area (Å²) in [6.07, 6.45) is 6.52. The van der Waals surface area contributed by atoms with E-state index in [0.717, 1.165) is 29.4 Å². The maximum atomic E-state index is 8.63. The standard InChI is InChI=1S/C10H13N3OS/c14-5-2-6-15-8-9-7-13-4-1-3-11-10(13)12-9/h1,3-4,7,14H,2,5-6,8H2. The summed E-state index contributed by atoms with van der Waals surface area (Å²) in [7, 11) is 0. The van der Waals surface area contributed by atoms with Crippen LogP contribution in [0.5, 0.6) is 0 Å². The lowest BCUT2D eigenvalue weighted by Crippen LogP contribution is -1.87. The Morgan fingerprint density at radius 3 is 3.20 bits per heavy atom. The fourth-order valence-electron chi connectivity index (χ4n) is 1.29. The third-order valence-corrected chi connectivity index (χ3v) is 3.06. The van der Waals surface area contributed by atoms with Gasteiger partial charge in [-0.2, -0.15) is 11.8 Å². The lowest BCUT2D eigenvalue weighted by molar-refractivity contribution is 0.296. The largest absolute Gasteiger partial charge is 0.396 e. The zero-order chi connectivity index (χ0) is 10.5. The van der Waals surface area contributed by atoms with E-state index in [4.69, 9.17) is 5.11 Å². The summed E-state index contributed by atoms with van der Waals surface area (Å²) in [6, 6.07) is 1.89. The van der Waals surface area contributed by atoms with Crippen LogP contribution in [0.1, 0.15) is 12.1 Å². The number of aliphatic hydroxyl groups excluding tert-OH is 1. The van der Waals surface area contributed by atoms with Gasteiger partial charge in [0.25, 0.3) is 0 Å². The summed E-state index contributed by atoms with van der Waals surface area (Å²) < 4.78 is 1.92. The molecule has 0 atom stereocenters. The first kappa shape index (κ1) is 10.4. The van der Waals surface area contributed by atoms with E-state index in [1.807, 2.05) is 22.9 Å². The molecule has 5 heteroatoms. The van der Waals surface area contributed by atoms with Crippen LogP contribution in [0.15, 0.2) is 24.7 Å². The van der Waals surface area contributed by atoms with Gasteiger partial charge in [0, 0.05) is 31.0 Å². The zero-order valence-corrected chi connectivity index (χ0v) is 9.15. The Morgan fingerprint density at radius 1 is 1.47 bits per heavy atom. The molecule has 0 spiro atoms. The molecule has 15 heavy (non-hydrogen) atoms.